The van der Waals surface area contributed by atoms with Gasteiger partial charge in [-0.25, -0.2) is 0 Å². The maximum absolute atomic E-state index is 12.2. The third-order valence-corrected chi connectivity index (χ3v) is 9.20. The number of ether oxygens (including phenoxy) is 1. The highest BCUT2D eigenvalue weighted by Crippen LogP contribution is 2.70. The van der Waals surface area contributed by atoms with E-state index in [9.17, 15) is 9.90 Å². The number of allylic oxidation sites excluding steroid dienone is 1. The Balaban J connectivity index is 1.60. The zero-order valence-electron chi connectivity index (χ0n) is 17.7. The predicted octanol–water partition coefficient (Wildman–Crippen LogP) is 5.27. The first-order valence-corrected chi connectivity index (χ1v) is 11.3. The molecule has 4 aliphatic rings. The number of hydrogen-bond acceptors (Lipinski definition) is 3. The molecule has 3 heteroatoms. The zero-order chi connectivity index (χ0) is 19.4. The Hall–Kier alpha value is -0.830. The van der Waals surface area contributed by atoms with Gasteiger partial charge in [0.25, 0.3) is 0 Å². The predicted molar refractivity (Wildman–Crippen MR) is 107 cm³/mol. The Labute approximate surface area is 164 Å². The van der Waals surface area contributed by atoms with Gasteiger partial charge in [0.1, 0.15) is 6.10 Å². The summed E-state index contributed by atoms with van der Waals surface area (Å²) < 4.78 is 5.99. The average molecular weight is 375 g/mol. The number of carbonyl (C=O) groups excluding carboxylic acids is 1. The first kappa shape index (κ1) is 19.5. The van der Waals surface area contributed by atoms with Gasteiger partial charge in [-0.3, -0.25) is 4.79 Å². The van der Waals surface area contributed by atoms with Crippen molar-refractivity contribution in [3.05, 3.63) is 11.6 Å². The topological polar surface area (TPSA) is 46.5 Å². The molecule has 1 N–H and O–H groups in total. The molecule has 0 saturated heterocycles. The molecule has 2 bridgehead atoms. The molecule has 0 aliphatic heterocycles. The van der Waals surface area contributed by atoms with E-state index in [1.54, 1.807) is 0 Å². The Kier molecular flexibility index (Phi) is 4.77. The summed E-state index contributed by atoms with van der Waals surface area (Å²) in [6.07, 6.45) is 12.4. The fraction of sp³-hybridized carbons (Fsp3) is 0.875. The number of hydrogen-bond donors (Lipinski definition) is 1. The summed E-state index contributed by atoms with van der Waals surface area (Å²) >= 11 is 0. The smallest absolute Gasteiger partial charge is 0.306 e. The Morgan fingerprint density at radius 3 is 2.63 bits per heavy atom. The molecule has 6 atom stereocenters. The first-order valence-electron chi connectivity index (χ1n) is 11.3. The lowest BCUT2D eigenvalue weighted by Crippen LogP contribution is -2.59. The van der Waals surface area contributed by atoms with Gasteiger partial charge in [-0.15, -0.1) is 0 Å². The quantitative estimate of drug-likeness (QED) is 0.538. The monoisotopic (exact) mass is 374 g/mol. The standard InChI is InChI=1S/C24H38O3/c1-5-6-21(26)27-20-10-11-23(4)18(22(20,2)3)9-12-24-13-16(7-8-19(23)24)17(14-24)15-25/h14,16,18-20,25H,5-13,15H2,1-4H3/t16-,18-,19+,20-,23-,24+/m1/s1. The van der Waals surface area contributed by atoms with Gasteiger partial charge in [0.2, 0.25) is 0 Å². The van der Waals surface area contributed by atoms with E-state index in [1.807, 2.05) is 6.92 Å². The summed E-state index contributed by atoms with van der Waals surface area (Å²) in [6.45, 7) is 9.54. The van der Waals surface area contributed by atoms with Gasteiger partial charge >= 0.3 is 5.97 Å². The summed E-state index contributed by atoms with van der Waals surface area (Å²) in [5, 5.41) is 9.83. The molecule has 0 amide bonds. The molecule has 152 valence electrons. The molecule has 4 rings (SSSR count). The third-order valence-electron chi connectivity index (χ3n) is 9.20. The van der Waals surface area contributed by atoms with Crippen LogP contribution in [0.4, 0.5) is 0 Å². The summed E-state index contributed by atoms with van der Waals surface area (Å²) in [5.74, 6) is 1.94. The second-order valence-electron chi connectivity index (χ2n) is 10.8. The lowest BCUT2D eigenvalue weighted by Gasteiger charge is -2.64. The van der Waals surface area contributed by atoms with Crippen LogP contribution < -0.4 is 0 Å². The molecule has 0 aromatic rings. The van der Waals surface area contributed by atoms with Crippen LogP contribution in [-0.2, 0) is 9.53 Å². The van der Waals surface area contributed by atoms with Gasteiger partial charge in [0.05, 0.1) is 6.61 Å². The molecule has 0 aromatic heterocycles. The Morgan fingerprint density at radius 2 is 1.93 bits per heavy atom. The molecule has 3 saturated carbocycles. The van der Waals surface area contributed by atoms with Crippen LogP contribution in [0.3, 0.4) is 0 Å². The van der Waals surface area contributed by atoms with Crippen molar-refractivity contribution in [1.29, 1.82) is 0 Å². The molecule has 4 aliphatic carbocycles. The van der Waals surface area contributed by atoms with Gasteiger partial charge < -0.3 is 9.84 Å². The molecule has 0 radical (unpaired) electrons. The molecular weight excluding hydrogens is 336 g/mol. The summed E-state index contributed by atoms with van der Waals surface area (Å²) in [7, 11) is 0. The van der Waals surface area contributed by atoms with Crippen LogP contribution in [0.5, 0.6) is 0 Å². The molecule has 0 unspecified atom stereocenters. The maximum Gasteiger partial charge on any atom is 0.306 e. The van der Waals surface area contributed by atoms with Crippen LogP contribution in [0.15, 0.2) is 11.6 Å². The highest BCUT2D eigenvalue weighted by molar-refractivity contribution is 5.69. The molecule has 3 fully saturated rings. The number of esters is 1. The lowest BCUT2D eigenvalue weighted by atomic mass is 9.41. The lowest BCUT2D eigenvalue weighted by molar-refractivity contribution is -0.194. The van der Waals surface area contributed by atoms with Crippen LogP contribution in [-0.4, -0.2) is 23.8 Å². The van der Waals surface area contributed by atoms with Gasteiger partial charge in [-0.1, -0.05) is 33.8 Å². The number of aliphatic hydroxyl groups excluding tert-OH is 1. The van der Waals surface area contributed by atoms with Crippen molar-refractivity contribution in [3.8, 4) is 0 Å². The van der Waals surface area contributed by atoms with E-state index in [-0.39, 0.29) is 24.1 Å². The number of aliphatic hydroxyl groups is 1. The minimum Gasteiger partial charge on any atom is -0.462 e. The van der Waals surface area contributed by atoms with E-state index in [1.165, 1.54) is 44.1 Å². The van der Waals surface area contributed by atoms with E-state index in [2.05, 4.69) is 26.8 Å². The van der Waals surface area contributed by atoms with Crippen LogP contribution in [0, 0.1) is 34.0 Å². The number of carbonyl (C=O) groups is 1. The SMILES string of the molecule is CCCC(=O)O[C@@H]1CC[C@]2(C)[C@H](CC[C@]34C=C(CO)[C@H](CC[C@H]32)C4)C1(C)C. The maximum atomic E-state index is 12.2. The molecule has 27 heavy (non-hydrogen) atoms. The van der Waals surface area contributed by atoms with E-state index >= 15 is 0 Å². The minimum atomic E-state index is -0.0155. The largest absolute Gasteiger partial charge is 0.462 e. The summed E-state index contributed by atoms with van der Waals surface area (Å²) in [5.41, 5.74) is 2.01. The highest BCUT2D eigenvalue weighted by Gasteiger charge is 2.64. The van der Waals surface area contributed by atoms with Crippen molar-refractivity contribution >= 4 is 5.97 Å². The molecule has 0 heterocycles. The number of fused-ring (bicyclic) bond motifs is 3. The summed E-state index contributed by atoms with van der Waals surface area (Å²) in [6, 6.07) is 0. The van der Waals surface area contributed by atoms with Crippen molar-refractivity contribution in [2.45, 2.75) is 91.6 Å². The Bertz CT molecular complexity index is 636. The van der Waals surface area contributed by atoms with Crippen LogP contribution in [0.2, 0.25) is 0 Å². The second kappa shape index (κ2) is 6.61. The first-order chi connectivity index (χ1) is 12.8. The van der Waals surface area contributed by atoms with E-state index in [4.69, 9.17) is 4.74 Å². The van der Waals surface area contributed by atoms with E-state index < -0.39 is 0 Å². The second-order valence-corrected chi connectivity index (χ2v) is 10.8. The fourth-order valence-corrected chi connectivity index (χ4v) is 8.06. The van der Waals surface area contributed by atoms with Crippen molar-refractivity contribution in [2.75, 3.05) is 6.61 Å². The van der Waals surface area contributed by atoms with E-state index in [0.717, 1.165) is 18.8 Å². The van der Waals surface area contributed by atoms with Crippen LogP contribution in [0.1, 0.15) is 85.5 Å². The van der Waals surface area contributed by atoms with Gasteiger partial charge in [-0.05, 0) is 85.5 Å². The van der Waals surface area contributed by atoms with Crippen molar-refractivity contribution < 1.29 is 14.6 Å². The normalized spacial score (nSPS) is 44.9. The molecular formula is C24H38O3. The highest BCUT2D eigenvalue weighted by atomic mass is 16.5. The average Bonchev–Trinajstić information content (AvgIpc) is 2.88. The van der Waals surface area contributed by atoms with Crippen molar-refractivity contribution in [2.24, 2.45) is 34.0 Å². The van der Waals surface area contributed by atoms with Gasteiger partial charge in [0.15, 0.2) is 0 Å². The molecule has 3 nitrogen and oxygen atoms in total. The van der Waals surface area contributed by atoms with Gasteiger partial charge in [-0.2, -0.15) is 0 Å². The summed E-state index contributed by atoms with van der Waals surface area (Å²) in [4.78, 5) is 12.2. The van der Waals surface area contributed by atoms with Crippen molar-refractivity contribution in [1.82, 2.24) is 0 Å². The van der Waals surface area contributed by atoms with Gasteiger partial charge in [0, 0.05) is 11.8 Å². The third kappa shape index (κ3) is 2.82. The van der Waals surface area contributed by atoms with E-state index in [0.29, 0.717) is 29.1 Å². The van der Waals surface area contributed by atoms with Crippen LogP contribution >= 0.6 is 0 Å². The molecule has 0 aromatic carbocycles. The Morgan fingerprint density at radius 1 is 1.15 bits per heavy atom. The van der Waals surface area contributed by atoms with Crippen molar-refractivity contribution in [3.63, 3.8) is 0 Å². The molecule has 1 spiro atoms. The number of rotatable bonds is 4. The van der Waals surface area contributed by atoms with Crippen LogP contribution in [0.25, 0.3) is 0 Å². The minimum absolute atomic E-state index is 0.0155. The fourth-order valence-electron chi connectivity index (χ4n) is 8.06. The zero-order valence-corrected chi connectivity index (χ0v) is 17.7.